The molecule has 0 radical (unpaired) electrons. The monoisotopic (exact) mass is 496 g/mol. The third-order valence-corrected chi connectivity index (χ3v) is 6.65. The van der Waals surface area contributed by atoms with Crippen molar-refractivity contribution in [1.29, 1.82) is 0 Å². The summed E-state index contributed by atoms with van der Waals surface area (Å²) in [6, 6.07) is 6.91. The van der Waals surface area contributed by atoms with E-state index in [4.69, 9.17) is 9.47 Å². The van der Waals surface area contributed by atoms with Crippen LogP contribution in [0.5, 0.6) is 11.6 Å². The van der Waals surface area contributed by atoms with Crippen LogP contribution in [0.25, 0.3) is 11.3 Å². The van der Waals surface area contributed by atoms with Gasteiger partial charge in [0.15, 0.2) is 17.4 Å². The minimum Gasteiger partial charge on any atom is -0.486 e. The molecule has 0 aliphatic carbocycles. The van der Waals surface area contributed by atoms with Crippen LogP contribution in [-0.4, -0.2) is 54.3 Å². The van der Waals surface area contributed by atoms with Crippen molar-refractivity contribution in [2.75, 3.05) is 43.6 Å². The lowest BCUT2D eigenvalue weighted by Crippen LogP contribution is -2.38. The Kier molecular flexibility index (Phi) is 6.86. The zero-order valence-corrected chi connectivity index (χ0v) is 20.6. The van der Waals surface area contributed by atoms with Gasteiger partial charge >= 0.3 is 0 Å². The summed E-state index contributed by atoms with van der Waals surface area (Å²) in [6.07, 6.45) is 3.11. The van der Waals surface area contributed by atoms with E-state index < -0.39 is 11.6 Å². The number of hydrogen-bond acceptors (Lipinski definition) is 8. The number of fused-ring (bicyclic) bond motifs is 1. The highest BCUT2D eigenvalue weighted by molar-refractivity contribution is 5.73. The molecule has 0 bridgehead atoms. The van der Waals surface area contributed by atoms with Crippen LogP contribution in [0.4, 0.5) is 26.2 Å². The van der Waals surface area contributed by atoms with Gasteiger partial charge in [0.1, 0.15) is 18.1 Å². The Morgan fingerprint density at radius 2 is 1.94 bits per heavy atom. The molecule has 2 aliphatic heterocycles. The van der Waals surface area contributed by atoms with Gasteiger partial charge in [0, 0.05) is 17.2 Å². The standard InChI is InChI=1S/C26H30F2N6O2/c1-15(2)34-10-11-36-24-19(27)12-17(13-21(24)34)23-20(28)14-30-26(33-23)32-22-5-4-18(25(31-22)35-3)16-6-8-29-9-7-16/h4-5,12-16,29H,6-11H2,1-3H3,(H,30,31,32,33). The number of pyridine rings is 1. The first-order valence-corrected chi connectivity index (χ1v) is 12.2. The number of methoxy groups -OCH3 is 1. The van der Waals surface area contributed by atoms with Crippen molar-refractivity contribution in [2.24, 2.45) is 0 Å². The van der Waals surface area contributed by atoms with Crippen LogP contribution in [0.1, 0.15) is 38.2 Å². The second-order valence-electron chi connectivity index (χ2n) is 9.28. The molecule has 2 aromatic heterocycles. The molecule has 0 spiro atoms. The van der Waals surface area contributed by atoms with E-state index in [1.54, 1.807) is 13.2 Å². The fraction of sp³-hybridized carbons (Fsp3) is 0.423. The number of nitrogens with one attached hydrogen (secondary N) is 2. The Labute approximate surface area is 209 Å². The summed E-state index contributed by atoms with van der Waals surface area (Å²) in [5, 5.41) is 6.39. The number of anilines is 3. The highest BCUT2D eigenvalue weighted by Gasteiger charge is 2.26. The summed E-state index contributed by atoms with van der Waals surface area (Å²) in [7, 11) is 1.60. The summed E-state index contributed by atoms with van der Waals surface area (Å²) in [4.78, 5) is 15.0. The van der Waals surface area contributed by atoms with Crippen LogP contribution in [0.3, 0.4) is 0 Å². The van der Waals surface area contributed by atoms with Gasteiger partial charge in [-0.05, 0) is 70.0 Å². The number of halogens is 2. The first-order valence-electron chi connectivity index (χ1n) is 12.2. The molecule has 10 heteroatoms. The highest BCUT2D eigenvalue weighted by Crippen LogP contribution is 2.39. The molecule has 1 aromatic carbocycles. The zero-order valence-electron chi connectivity index (χ0n) is 20.6. The minimum absolute atomic E-state index is 0.0122. The van der Waals surface area contributed by atoms with Gasteiger partial charge in [-0.25, -0.2) is 18.7 Å². The summed E-state index contributed by atoms with van der Waals surface area (Å²) in [5.41, 5.74) is 1.93. The number of rotatable bonds is 6. The molecule has 5 rings (SSSR count). The third-order valence-electron chi connectivity index (χ3n) is 6.65. The van der Waals surface area contributed by atoms with Gasteiger partial charge in [0.05, 0.1) is 25.5 Å². The van der Waals surface area contributed by atoms with Gasteiger partial charge in [0.25, 0.3) is 0 Å². The summed E-state index contributed by atoms with van der Waals surface area (Å²) in [6.45, 7) is 6.97. The Bertz CT molecular complexity index is 1250. The van der Waals surface area contributed by atoms with E-state index in [9.17, 15) is 8.78 Å². The summed E-state index contributed by atoms with van der Waals surface area (Å²) >= 11 is 0. The number of hydrogen-bond donors (Lipinski definition) is 2. The van der Waals surface area contributed by atoms with E-state index >= 15 is 0 Å². The van der Waals surface area contributed by atoms with Gasteiger partial charge in [-0.15, -0.1) is 0 Å². The molecule has 2 aliphatic rings. The molecule has 4 heterocycles. The van der Waals surface area contributed by atoms with E-state index in [0.717, 1.165) is 37.7 Å². The van der Waals surface area contributed by atoms with E-state index in [0.29, 0.717) is 42.0 Å². The molecular formula is C26H30F2N6O2. The number of ether oxygens (including phenoxy) is 2. The lowest BCUT2D eigenvalue weighted by Gasteiger charge is -2.34. The Morgan fingerprint density at radius 3 is 2.69 bits per heavy atom. The van der Waals surface area contributed by atoms with E-state index in [1.165, 1.54) is 6.07 Å². The molecule has 3 aromatic rings. The topological polar surface area (TPSA) is 84.4 Å². The number of piperidine rings is 1. The molecule has 8 nitrogen and oxygen atoms in total. The predicted octanol–water partition coefficient (Wildman–Crippen LogP) is 4.64. The molecule has 1 saturated heterocycles. The van der Waals surface area contributed by atoms with Crippen molar-refractivity contribution >= 4 is 17.5 Å². The number of aromatic nitrogens is 3. The molecule has 0 saturated carbocycles. The number of nitrogens with zero attached hydrogens (tertiary/aromatic N) is 4. The van der Waals surface area contributed by atoms with Crippen molar-refractivity contribution in [3.05, 3.63) is 47.7 Å². The van der Waals surface area contributed by atoms with Gasteiger partial charge in [0.2, 0.25) is 11.8 Å². The number of benzene rings is 1. The highest BCUT2D eigenvalue weighted by atomic mass is 19.1. The SMILES string of the molecule is COc1nc(Nc2ncc(F)c(-c3cc(F)c4c(c3)N(C(C)C)CCO4)n2)ccc1C1CCNCC1. The molecular weight excluding hydrogens is 466 g/mol. The molecule has 0 unspecified atom stereocenters. The molecule has 1 fully saturated rings. The largest absolute Gasteiger partial charge is 0.486 e. The van der Waals surface area contributed by atoms with E-state index in [2.05, 4.69) is 25.6 Å². The maximum absolute atomic E-state index is 14.9. The van der Waals surface area contributed by atoms with Crippen LogP contribution in [0.2, 0.25) is 0 Å². The maximum atomic E-state index is 14.9. The maximum Gasteiger partial charge on any atom is 0.229 e. The quantitative estimate of drug-likeness (QED) is 0.511. The Balaban J connectivity index is 1.45. The first kappa shape index (κ1) is 24.2. The van der Waals surface area contributed by atoms with Crippen LogP contribution in [0.15, 0.2) is 30.5 Å². The van der Waals surface area contributed by atoms with Crippen molar-refractivity contribution in [3.8, 4) is 22.9 Å². The summed E-state index contributed by atoms with van der Waals surface area (Å²) < 4.78 is 40.9. The van der Waals surface area contributed by atoms with E-state index in [1.807, 2.05) is 30.9 Å². The normalized spacial score (nSPS) is 16.0. The Morgan fingerprint density at radius 1 is 1.14 bits per heavy atom. The summed E-state index contributed by atoms with van der Waals surface area (Å²) in [5.74, 6) is 0.504. The third kappa shape index (κ3) is 4.77. The smallest absolute Gasteiger partial charge is 0.229 e. The van der Waals surface area contributed by atoms with Crippen molar-refractivity contribution in [1.82, 2.24) is 20.3 Å². The molecule has 2 N–H and O–H groups in total. The molecule has 190 valence electrons. The average molecular weight is 497 g/mol. The molecule has 0 amide bonds. The molecule has 36 heavy (non-hydrogen) atoms. The average Bonchev–Trinajstić information content (AvgIpc) is 2.89. The van der Waals surface area contributed by atoms with Crippen molar-refractivity contribution in [3.63, 3.8) is 0 Å². The van der Waals surface area contributed by atoms with E-state index in [-0.39, 0.29) is 23.4 Å². The Hall–Kier alpha value is -3.53. The van der Waals surface area contributed by atoms with Gasteiger partial charge in [-0.1, -0.05) is 0 Å². The van der Waals surface area contributed by atoms with Crippen LogP contribution in [-0.2, 0) is 0 Å². The predicted molar refractivity (Wildman–Crippen MR) is 134 cm³/mol. The van der Waals surface area contributed by atoms with Gasteiger partial charge in [-0.3, -0.25) is 0 Å². The zero-order chi connectivity index (χ0) is 25.2. The fourth-order valence-electron chi connectivity index (χ4n) is 4.85. The second kappa shape index (κ2) is 10.2. The molecule has 0 atom stereocenters. The van der Waals surface area contributed by atoms with Crippen molar-refractivity contribution in [2.45, 2.75) is 38.6 Å². The first-order chi connectivity index (χ1) is 17.4. The second-order valence-corrected chi connectivity index (χ2v) is 9.28. The lowest BCUT2D eigenvalue weighted by atomic mass is 9.91. The van der Waals surface area contributed by atoms with Crippen molar-refractivity contribution < 1.29 is 18.3 Å². The van der Waals surface area contributed by atoms with Crippen LogP contribution < -0.4 is 25.0 Å². The van der Waals surface area contributed by atoms with Crippen LogP contribution >= 0.6 is 0 Å². The van der Waals surface area contributed by atoms with Gasteiger partial charge < -0.3 is 25.0 Å². The lowest BCUT2D eigenvalue weighted by molar-refractivity contribution is 0.287. The van der Waals surface area contributed by atoms with Gasteiger partial charge in [-0.2, -0.15) is 4.98 Å². The van der Waals surface area contributed by atoms with Crippen LogP contribution in [0, 0.1) is 11.6 Å². The fourth-order valence-corrected chi connectivity index (χ4v) is 4.85. The minimum atomic E-state index is -0.653.